The number of hydrogen-bond acceptors (Lipinski definition) is 3. The molecule has 0 aromatic heterocycles. The molecule has 0 heterocycles. The van der Waals surface area contributed by atoms with E-state index in [1.54, 1.807) is 20.8 Å². The van der Waals surface area contributed by atoms with Gasteiger partial charge in [0.2, 0.25) is 5.91 Å². The molecule has 1 aliphatic carbocycles. The van der Waals surface area contributed by atoms with Crippen LogP contribution in [0.4, 0.5) is 10.1 Å². The lowest BCUT2D eigenvalue weighted by atomic mass is 10.1. The average Bonchev–Trinajstić information content (AvgIpc) is 2.96. The lowest BCUT2D eigenvalue weighted by molar-refractivity contribution is -0.140. The number of halogens is 1. The SMILES string of the molecule is CCOc1cc(F)ccc1NC(=O)C1C(C(=O)O)C1(C)C. The Balaban J connectivity index is 2.16. The molecule has 1 saturated carbocycles. The Kier molecular flexibility index (Phi) is 3.89. The molecule has 21 heavy (non-hydrogen) atoms. The van der Waals surface area contributed by atoms with Gasteiger partial charge in [-0.15, -0.1) is 0 Å². The quantitative estimate of drug-likeness (QED) is 0.875. The number of rotatable bonds is 5. The highest BCUT2D eigenvalue weighted by Crippen LogP contribution is 2.58. The summed E-state index contributed by atoms with van der Waals surface area (Å²) in [5.74, 6) is -2.91. The molecule has 2 unspecified atom stereocenters. The minimum atomic E-state index is -0.982. The molecule has 1 amide bonds. The molecule has 0 radical (unpaired) electrons. The van der Waals surface area contributed by atoms with Gasteiger partial charge in [-0.3, -0.25) is 9.59 Å². The highest BCUT2D eigenvalue weighted by atomic mass is 19.1. The standard InChI is InChI=1S/C15H18FNO4/c1-4-21-10-7-8(16)5-6-9(10)17-13(18)11-12(14(19)20)15(11,2)3/h5-7,11-12H,4H2,1-3H3,(H,17,18)(H,19,20). The molecule has 6 heteroatoms. The van der Waals surface area contributed by atoms with Gasteiger partial charge in [-0.05, 0) is 24.5 Å². The van der Waals surface area contributed by atoms with Crippen molar-refractivity contribution in [3.63, 3.8) is 0 Å². The summed E-state index contributed by atoms with van der Waals surface area (Å²) in [4.78, 5) is 23.3. The van der Waals surface area contributed by atoms with Crippen LogP contribution >= 0.6 is 0 Å². The second kappa shape index (κ2) is 5.35. The van der Waals surface area contributed by atoms with Crippen molar-refractivity contribution in [1.82, 2.24) is 0 Å². The van der Waals surface area contributed by atoms with Crippen molar-refractivity contribution in [2.45, 2.75) is 20.8 Å². The number of hydrogen-bond donors (Lipinski definition) is 2. The Labute approximate surface area is 122 Å². The second-order valence-electron chi connectivity index (χ2n) is 5.68. The monoisotopic (exact) mass is 295 g/mol. The summed E-state index contributed by atoms with van der Waals surface area (Å²) < 4.78 is 18.5. The van der Waals surface area contributed by atoms with Crippen LogP contribution in [0.1, 0.15) is 20.8 Å². The number of nitrogens with one attached hydrogen (secondary N) is 1. The summed E-state index contributed by atoms with van der Waals surface area (Å²) >= 11 is 0. The molecule has 2 N–H and O–H groups in total. The van der Waals surface area contributed by atoms with Gasteiger partial charge in [-0.1, -0.05) is 13.8 Å². The van der Waals surface area contributed by atoms with Gasteiger partial charge in [0.05, 0.1) is 24.1 Å². The minimum absolute atomic E-state index is 0.233. The number of benzene rings is 1. The molecule has 0 aliphatic heterocycles. The van der Waals surface area contributed by atoms with E-state index in [0.29, 0.717) is 12.3 Å². The topological polar surface area (TPSA) is 75.6 Å². The van der Waals surface area contributed by atoms with E-state index in [1.165, 1.54) is 18.2 Å². The van der Waals surface area contributed by atoms with Crippen molar-refractivity contribution >= 4 is 17.6 Å². The normalized spacial score (nSPS) is 22.5. The van der Waals surface area contributed by atoms with E-state index in [-0.39, 0.29) is 11.7 Å². The van der Waals surface area contributed by atoms with Gasteiger partial charge < -0.3 is 15.2 Å². The van der Waals surface area contributed by atoms with Gasteiger partial charge in [0, 0.05) is 6.07 Å². The second-order valence-corrected chi connectivity index (χ2v) is 5.68. The summed E-state index contributed by atoms with van der Waals surface area (Å²) in [5, 5.41) is 11.7. The Morgan fingerprint density at radius 1 is 1.38 bits per heavy atom. The van der Waals surface area contributed by atoms with Gasteiger partial charge >= 0.3 is 5.97 Å². The van der Waals surface area contributed by atoms with Crippen molar-refractivity contribution in [1.29, 1.82) is 0 Å². The average molecular weight is 295 g/mol. The van der Waals surface area contributed by atoms with Crippen molar-refractivity contribution < 1.29 is 23.8 Å². The molecule has 0 bridgehead atoms. The number of carboxylic acid groups (broad SMARTS) is 1. The summed E-state index contributed by atoms with van der Waals surface area (Å²) in [6, 6.07) is 3.81. The van der Waals surface area contributed by atoms with E-state index >= 15 is 0 Å². The zero-order valence-electron chi connectivity index (χ0n) is 12.1. The Hall–Kier alpha value is -2.11. The lowest BCUT2D eigenvalue weighted by Gasteiger charge is -2.12. The first-order chi connectivity index (χ1) is 9.78. The Morgan fingerprint density at radius 2 is 2.05 bits per heavy atom. The molecule has 0 saturated heterocycles. The van der Waals surface area contributed by atoms with E-state index in [4.69, 9.17) is 9.84 Å². The number of carbonyl (C=O) groups excluding carboxylic acids is 1. The Bertz CT molecular complexity index is 585. The minimum Gasteiger partial charge on any atom is -0.492 e. The molecule has 1 aliphatic rings. The van der Waals surface area contributed by atoms with Gasteiger partial charge in [0.15, 0.2) is 0 Å². The van der Waals surface area contributed by atoms with Crippen LogP contribution in [0, 0.1) is 23.1 Å². The third-order valence-electron chi connectivity index (χ3n) is 3.88. The van der Waals surface area contributed by atoms with Crippen LogP contribution in [0.3, 0.4) is 0 Å². The molecule has 2 rings (SSSR count). The molecule has 0 spiro atoms. The number of carbonyl (C=O) groups is 2. The van der Waals surface area contributed by atoms with E-state index in [0.717, 1.165) is 0 Å². The first kappa shape index (κ1) is 15.3. The van der Waals surface area contributed by atoms with Crippen molar-refractivity contribution in [2.75, 3.05) is 11.9 Å². The molecule has 1 aromatic rings. The summed E-state index contributed by atoms with van der Waals surface area (Å²) in [5.41, 5.74) is -0.239. The number of ether oxygens (including phenoxy) is 1. The van der Waals surface area contributed by atoms with Crippen LogP contribution in [-0.4, -0.2) is 23.6 Å². The number of aliphatic carboxylic acids is 1. The van der Waals surface area contributed by atoms with Gasteiger partial charge in [0.25, 0.3) is 0 Å². The van der Waals surface area contributed by atoms with Crippen LogP contribution in [-0.2, 0) is 9.59 Å². The van der Waals surface area contributed by atoms with Crippen LogP contribution in [0.2, 0.25) is 0 Å². The van der Waals surface area contributed by atoms with E-state index in [9.17, 15) is 14.0 Å². The Morgan fingerprint density at radius 3 is 2.57 bits per heavy atom. The van der Waals surface area contributed by atoms with Crippen LogP contribution in [0.15, 0.2) is 18.2 Å². The lowest BCUT2D eigenvalue weighted by Crippen LogP contribution is -2.18. The maximum Gasteiger partial charge on any atom is 0.307 e. The van der Waals surface area contributed by atoms with Crippen LogP contribution < -0.4 is 10.1 Å². The summed E-state index contributed by atoms with van der Waals surface area (Å²) in [6.45, 7) is 5.56. The molecular formula is C15H18FNO4. The largest absolute Gasteiger partial charge is 0.492 e. The van der Waals surface area contributed by atoms with Crippen molar-refractivity contribution in [2.24, 2.45) is 17.3 Å². The molecule has 2 atom stereocenters. The van der Waals surface area contributed by atoms with E-state index < -0.39 is 29.0 Å². The molecule has 114 valence electrons. The first-order valence-electron chi connectivity index (χ1n) is 6.75. The third kappa shape index (κ3) is 2.84. The van der Waals surface area contributed by atoms with Gasteiger partial charge in [0.1, 0.15) is 11.6 Å². The fourth-order valence-electron chi connectivity index (χ4n) is 2.67. The van der Waals surface area contributed by atoms with Crippen LogP contribution in [0.25, 0.3) is 0 Å². The first-order valence-corrected chi connectivity index (χ1v) is 6.75. The molecular weight excluding hydrogens is 277 g/mol. The maximum atomic E-state index is 13.2. The highest BCUT2D eigenvalue weighted by Gasteiger charge is 2.65. The number of anilines is 1. The third-order valence-corrected chi connectivity index (χ3v) is 3.88. The predicted molar refractivity (Wildman–Crippen MR) is 74.6 cm³/mol. The number of amides is 1. The van der Waals surface area contributed by atoms with Crippen LogP contribution in [0.5, 0.6) is 5.75 Å². The molecule has 1 aromatic carbocycles. The predicted octanol–water partition coefficient (Wildman–Crippen LogP) is 2.52. The highest BCUT2D eigenvalue weighted by molar-refractivity contribution is 6.00. The van der Waals surface area contributed by atoms with Gasteiger partial charge in [-0.2, -0.15) is 0 Å². The van der Waals surface area contributed by atoms with E-state index in [2.05, 4.69) is 5.32 Å². The smallest absolute Gasteiger partial charge is 0.307 e. The molecule has 1 fully saturated rings. The van der Waals surface area contributed by atoms with Crippen molar-refractivity contribution in [3.05, 3.63) is 24.0 Å². The summed E-state index contributed by atoms with van der Waals surface area (Å²) in [6.07, 6.45) is 0. The zero-order valence-corrected chi connectivity index (χ0v) is 12.1. The fourth-order valence-corrected chi connectivity index (χ4v) is 2.67. The molecule has 5 nitrogen and oxygen atoms in total. The summed E-state index contributed by atoms with van der Waals surface area (Å²) in [7, 11) is 0. The van der Waals surface area contributed by atoms with Gasteiger partial charge in [-0.25, -0.2) is 4.39 Å². The zero-order chi connectivity index (χ0) is 15.8. The van der Waals surface area contributed by atoms with Crippen molar-refractivity contribution in [3.8, 4) is 5.75 Å². The number of carboxylic acids is 1. The fraction of sp³-hybridized carbons (Fsp3) is 0.467. The maximum absolute atomic E-state index is 13.2. The van der Waals surface area contributed by atoms with E-state index in [1.807, 2.05) is 0 Å².